The number of amides is 1. The minimum absolute atomic E-state index is 0.00276. The highest BCUT2D eigenvalue weighted by molar-refractivity contribution is 7.99. The Morgan fingerprint density at radius 1 is 1.03 bits per heavy atom. The maximum atomic E-state index is 12.8. The number of nitrogens with one attached hydrogen (secondary N) is 1. The van der Waals surface area contributed by atoms with Crippen molar-refractivity contribution in [3.05, 3.63) is 65.5 Å². The van der Waals surface area contributed by atoms with Crippen molar-refractivity contribution in [2.24, 2.45) is 5.92 Å². The van der Waals surface area contributed by atoms with Gasteiger partial charge >= 0.3 is 0 Å². The van der Waals surface area contributed by atoms with Crippen molar-refractivity contribution < 1.29 is 14.3 Å². The molecule has 0 unspecified atom stereocenters. The van der Waals surface area contributed by atoms with Gasteiger partial charge < -0.3 is 19.7 Å². The van der Waals surface area contributed by atoms with Gasteiger partial charge in [0.15, 0.2) is 11.5 Å². The average molecular weight is 493 g/mol. The summed E-state index contributed by atoms with van der Waals surface area (Å²) in [5.41, 5.74) is 3.45. The molecule has 0 aliphatic carbocycles. The third-order valence-electron chi connectivity index (χ3n) is 6.29. The van der Waals surface area contributed by atoms with Gasteiger partial charge in [0.2, 0.25) is 5.91 Å². The van der Waals surface area contributed by atoms with Crippen molar-refractivity contribution in [2.75, 3.05) is 32.2 Å². The molecule has 1 aromatic heterocycles. The highest BCUT2D eigenvalue weighted by Gasteiger charge is 2.26. The van der Waals surface area contributed by atoms with Crippen LogP contribution in [0.5, 0.6) is 11.5 Å². The van der Waals surface area contributed by atoms with Crippen LogP contribution in [0.15, 0.2) is 58.7 Å². The molecule has 1 aliphatic rings. The van der Waals surface area contributed by atoms with Gasteiger partial charge in [-0.2, -0.15) is 0 Å². The summed E-state index contributed by atoms with van der Waals surface area (Å²) in [6, 6.07) is 14.2. The SMILES string of the molecule is COc1ccc(CNC(=O)C2CCN(c3cc(Sc4cc(C)ccc4C)ncn3)CC2)cc1OC. The average Bonchev–Trinajstić information content (AvgIpc) is 2.89. The number of ether oxygens (including phenoxy) is 2. The Bertz CT molecular complexity index is 1180. The molecule has 1 aliphatic heterocycles. The van der Waals surface area contributed by atoms with Crippen molar-refractivity contribution in [1.29, 1.82) is 0 Å². The van der Waals surface area contributed by atoms with Crippen molar-refractivity contribution in [3.63, 3.8) is 0 Å². The fourth-order valence-electron chi connectivity index (χ4n) is 4.18. The predicted octanol–water partition coefficient (Wildman–Crippen LogP) is 4.79. The second-order valence-electron chi connectivity index (χ2n) is 8.75. The van der Waals surface area contributed by atoms with Crippen LogP contribution in [0.25, 0.3) is 0 Å². The zero-order valence-electron chi connectivity index (χ0n) is 20.7. The third-order valence-corrected chi connectivity index (χ3v) is 7.38. The van der Waals surface area contributed by atoms with Crippen LogP contribution < -0.4 is 19.7 Å². The number of rotatable bonds is 8. The molecule has 0 radical (unpaired) electrons. The van der Waals surface area contributed by atoms with Crippen molar-refractivity contribution in [1.82, 2.24) is 15.3 Å². The summed E-state index contributed by atoms with van der Waals surface area (Å²) in [7, 11) is 3.22. The Hall–Kier alpha value is -3.26. The molecule has 2 aromatic carbocycles. The summed E-state index contributed by atoms with van der Waals surface area (Å²) in [6.45, 7) is 6.26. The van der Waals surface area contributed by atoms with Gasteiger partial charge in [0.1, 0.15) is 17.2 Å². The van der Waals surface area contributed by atoms with Gasteiger partial charge in [0.25, 0.3) is 0 Å². The number of anilines is 1. The fraction of sp³-hybridized carbons (Fsp3) is 0.370. The van der Waals surface area contributed by atoms with E-state index in [4.69, 9.17) is 9.47 Å². The van der Waals surface area contributed by atoms with Crippen LogP contribution in [0.3, 0.4) is 0 Å². The lowest BCUT2D eigenvalue weighted by Gasteiger charge is -2.32. The van der Waals surface area contributed by atoms with Crippen LogP contribution >= 0.6 is 11.8 Å². The molecule has 0 atom stereocenters. The van der Waals surface area contributed by atoms with E-state index in [1.54, 1.807) is 32.3 Å². The Kier molecular flexibility index (Phi) is 8.13. The largest absolute Gasteiger partial charge is 0.493 e. The van der Waals surface area contributed by atoms with E-state index in [1.807, 2.05) is 24.3 Å². The molecule has 7 nitrogen and oxygen atoms in total. The van der Waals surface area contributed by atoms with Crippen molar-refractivity contribution >= 4 is 23.5 Å². The van der Waals surface area contributed by atoms with Gasteiger partial charge in [-0.3, -0.25) is 4.79 Å². The third kappa shape index (κ3) is 6.25. The van der Waals surface area contributed by atoms with Crippen LogP contribution in [0.2, 0.25) is 0 Å². The Morgan fingerprint density at radius 3 is 2.54 bits per heavy atom. The van der Waals surface area contributed by atoms with Crippen LogP contribution in [0.4, 0.5) is 5.82 Å². The van der Waals surface area contributed by atoms with Crippen LogP contribution in [0.1, 0.15) is 29.5 Å². The number of benzene rings is 2. The van der Waals surface area contributed by atoms with Gasteiger partial charge in [0.05, 0.1) is 14.2 Å². The molecule has 4 rings (SSSR count). The highest BCUT2D eigenvalue weighted by Crippen LogP contribution is 2.32. The molecule has 0 spiro atoms. The summed E-state index contributed by atoms with van der Waals surface area (Å²) in [5, 5.41) is 4.00. The molecule has 184 valence electrons. The highest BCUT2D eigenvalue weighted by atomic mass is 32.2. The Morgan fingerprint density at radius 2 is 1.80 bits per heavy atom. The molecule has 8 heteroatoms. The topological polar surface area (TPSA) is 76.6 Å². The number of carbonyl (C=O) groups excluding carboxylic acids is 1. The van der Waals surface area contributed by atoms with Crippen molar-refractivity contribution in [3.8, 4) is 11.5 Å². The molecule has 1 saturated heterocycles. The van der Waals surface area contributed by atoms with E-state index in [1.165, 1.54) is 16.0 Å². The zero-order valence-corrected chi connectivity index (χ0v) is 21.5. The van der Waals surface area contributed by atoms with E-state index in [2.05, 4.69) is 52.2 Å². The minimum Gasteiger partial charge on any atom is -0.493 e. The number of aryl methyl sites for hydroxylation is 2. The molecular weight excluding hydrogens is 460 g/mol. The summed E-state index contributed by atoms with van der Waals surface area (Å²) in [5.74, 6) is 2.34. The lowest BCUT2D eigenvalue weighted by Crippen LogP contribution is -2.40. The first-order valence-corrected chi connectivity index (χ1v) is 12.6. The summed E-state index contributed by atoms with van der Waals surface area (Å²) in [4.78, 5) is 25.2. The lowest BCUT2D eigenvalue weighted by atomic mass is 9.96. The molecule has 1 fully saturated rings. The monoisotopic (exact) mass is 492 g/mol. The Balaban J connectivity index is 1.31. The van der Waals surface area contributed by atoms with Gasteiger partial charge in [-0.05, 0) is 61.6 Å². The van der Waals surface area contributed by atoms with Crippen LogP contribution in [-0.4, -0.2) is 43.2 Å². The number of aromatic nitrogens is 2. The van der Waals surface area contributed by atoms with E-state index in [9.17, 15) is 4.79 Å². The van der Waals surface area contributed by atoms with E-state index in [0.717, 1.165) is 42.3 Å². The smallest absolute Gasteiger partial charge is 0.223 e. The maximum absolute atomic E-state index is 12.8. The van der Waals surface area contributed by atoms with Crippen molar-refractivity contribution in [2.45, 2.75) is 43.2 Å². The second-order valence-corrected chi connectivity index (χ2v) is 9.82. The first-order valence-electron chi connectivity index (χ1n) is 11.8. The first kappa shape index (κ1) is 24.9. The molecule has 1 N–H and O–H groups in total. The molecular formula is C27H32N4O3S. The van der Waals surface area contributed by atoms with E-state index >= 15 is 0 Å². The first-order chi connectivity index (χ1) is 17.0. The summed E-state index contributed by atoms with van der Waals surface area (Å²) in [6.07, 6.45) is 3.22. The molecule has 35 heavy (non-hydrogen) atoms. The standard InChI is InChI=1S/C27H32N4O3S/c1-18-5-6-19(2)24(13-18)35-26-15-25(29-17-30-26)31-11-9-21(10-12-31)27(32)28-16-20-7-8-22(33-3)23(14-20)34-4/h5-8,13-15,17,21H,9-12,16H2,1-4H3,(H,28,32). The number of methoxy groups -OCH3 is 2. The van der Waals surface area contributed by atoms with Gasteiger partial charge in [-0.1, -0.05) is 30.0 Å². The van der Waals surface area contributed by atoms with E-state index in [-0.39, 0.29) is 11.8 Å². The van der Waals surface area contributed by atoms with Crippen LogP contribution in [-0.2, 0) is 11.3 Å². The summed E-state index contributed by atoms with van der Waals surface area (Å²) < 4.78 is 10.6. The number of nitrogens with zero attached hydrogens (tertiary/aromatic N) is 3. The fourth-order valence-corrected chi connectivity index (χ4v) is 5.15. The van der Waals surface area contributed by atoms with Crippen LogP contribution in [0, 0.1) is 19.8 Å². The van der Waals surface area contributed by atoms with E-state index < -0.39 is 0 Å². The van der Waals surface area contributed by atoms with E-state index in [0.29, 0.717) is 18.0 Å². The normalized spacial score (nSPS) is 14.0. The minimum atomic E-state index is -0.00276. The molecule has 0 bridgehead atoms. The zero-order chi connectivity index (χ0) is 24.8. The van der Waals surface area contributed by atoms with Gasteiger partial charge in [-0.15, -0.1) is 0 Å². The second kappa shape index (κ2) is 11.4. The number of hydrogen-bond acceptors (Lipinski definition) is 7. The number of carbonyl (C=O) groups is 1. The molecule has 3 aromatic rings. The van der Waals surface area contributed by atoms with Gasteiger partial charge in [-0.25, -0.2) is 9.97 Å². The number of hydrogen-bond donors (Lipinski definition) is 1. The predicted molar refractivity (Wildman–Crippen MR) is 138 cm³/mol. The molecule has 0 saturated carbocycles. The molecule has 2 heterocycles. The quantitative estimate of drug-likeness (QED) is 0.453. The number of piperidine rings is 1. The summed E-state index contributed by atoms with van der Waals surface area (Å²) >= 11 is 1.66. The maximum Gasteiger partial charge on any atom is 0.223 e. The molecule has 1 amide bonds. The van der Waals surface area contributed by atoms with Gasteiger partial charge in [0, 0.05) is 36.5 Å². The lowest BCUT2D eigenvalue weighted by molar-refractivity contribution is -0.125. The Labute approximate surface area is 211 Å².